The second-order valence-corrected chi connectivity index (χ2v) is 4.93. The number of benzene rings is 1. The molecule has 0 amide bonds. The minimum absolute atomic E-state index is 0.981. The lowest BCUT2D eigenvalue weighted by Gasteiger charge is -1.88. The van der Waals surface area contributed by atoms with Crippen LogP contribution in [-0.2, 0) is 0 Å². The maximum absolute atomic E-state index is 5.59. The first kappa shape index (κ1) is 8.06. The molecule has 2 heteroatoms. The van der Waals surface area contributed by atoms with Crippen molar-refractivity contribution in [3.8, 4) is 0 Å². The standard InChI is InChI=1S/C12H10OS/c1-7-3-9-5-10-4-8(2)14-12(10)6-11(9)13-7/h3-6H,1-2H3. The Kier molecular flexibility index (Phi) is 1.50. The number of rotatable bonds is 0. The van der Waals surface area contributed by atoms with Gasteiger partial charge in [0.15, 0.2) is 0 Å². The van der Waals surface area contributed by atoms with Crippen LogP contribution in [0.5, 0.6) is 0 Å². The second kappa shape index (κ2) is 2.61. The average molecular weight is 202 g/mol. The van der Waals surface area contributed by atoms with Crippen molar-refractivity contribution in [2.75, 3.05) is 0 Å². The van der Waals surface area contributed by atoms with Crippen molar-refractivity contribution in [2.45, 2.75) is 13.8 Å². The molecule has 0 fully saturated rings. The Morgan fingerprint density at radius 2 is 1.86 bits per heavy atom. The van der Waals surface area contributed by atoms with Crippen molar-refractivity contribution in [3.63, 3.8) is 0 Å². The molecule has 3 aromatic rings. The van der Waals surface area contributed by atoms with E-state index in [0.29, 0.717) is 0 Å². The van der Waals surface area contributed by atoms with Crippen molar-refractivity contribution in [1.82, 2.24) is 0 Å². The highest BCUT2D eigenvalue weighted by Gasteiger charge is 2.04. The Hall–Kier alpha value is -1.28. The average Bonchev–Trinajstić information content (AvgIpc) is 2.59. The second-order valence-electron chi connectivity index (χ2n) is 3.64. The minimum atomic E-state index is 0.981. The number of furan rings is 1. The van der Waals surface area contributed by atoms with E-state index in [4.69, 9.17) is 4.42 Å². The van der Waals surface area contributed by atoms with Crippen LogP contribution in [0.25, 0.3) is 21.1 Å². The zero-order valence-corrected chi connectivity index (χ0v) is 8.94. The fourth-order valence-electron chi connectivity index (χ4n) is 1.84. The van der Waals surface area contributed by atoms with Crippen molar-refractivity contribution in [2.24, 2.45) is 0 Å². The Morgan fingerprint density at radius 3 is 2.71 bits per heavy atom. The lowest BCUT2D eigenvalue weighted by Crippen LogP contribution is -1.63. The molecule has 14 heavy (non-hydrogen) atoms. The van der Waals surface area contributed by atoms with Gasteiger partial charge in [-0.25, -0.2) is 0 Å². The maximum atomic E-state index is 5.59. The van der Waals surface area contributed by atoms with E-state index in [9.17, 15) is 0 Å². The zero-order valence-electron chi connectivity index (χ0n) is 8.13. The molecular formula is C12H10OS. The van der Waals surface area contributed by atoms with Crippen LogP contribution in [0.3, 0.4) is 0 Å². The molecule has 70 valence electrons. The molecule has 3 rings (SSSR count). The Balaban J connectivity index is 2.49. The quantitative estimate of drug-likeness (QED) is 0.530. The van der Waals surface area contributed by atoms with Crippen LogP contribution in [0.4, 0.5) is 0 Å². The monoisotopic (exact) mass is 202 g/mol. The van der Waals surface area contributed by atoms with Gasteiger partial charge in [0.05, 0.1) is 0 Å². The summed E-state index contributed by atoms with van der Waals surface area (Å²) >= 11 is 1.82. The molecule has 2 heterocycles. The third kappa shape index (κ3) is 1.07. The summed E-state index contributed by atoms with van der Waals surface area (Å²) in [6.45, 7) is 4.12. The van der Waals surface area contributed by atoms with Crippen LogP contribution in [-0.4, -0.2) is 0 Å². The molecule has 0 N–H and O–H groups in total. The summed E-state index contributed by atoms with van der Waals surface area (Å²) in [6.07, 6.45) is 0. The van der Waals surface area contributed by atoms with E-state index in [1.165, 1.54) is 20.3 Å². The van der Waals surface area contributed by atoms with Crippen LogP contribution in [0.2, 0.25) is 0 Å². The number of hydrogen-bond acceptors (Lipinski definition) is 2. The summed E-state index contributed by atoms with van der Waals surface area (Å²) in [5.74, 6) is 0.981. The predicted octanol–water partition coefficient (Wildman–Crippen LogP) is 4.26. The summed E-state index contributed by atoms with van der Waals surface area (Å²) in [4.78, 5) is 1.35. The van der Waals surface area contributed by atoms with Gasteiger partial charge in [0.2, 0.25) is 0 Å². The molecule has 0 aliphatic heterocycles. The van der Waals surface area contributed by atoms with E-state index in [-0.39, 0.29) is 0 Å². The van der Waals surface area contributed by atoms with Gasteiger partial charge in [-0.15, -0.1) is 11.3 Å². The smallest absolute Gasteiger partial charge is 0.135 e. The third-order valence-electron chi connectivity index (χ3n) is 2.40. The highest BCUT2D eigenvalue weighted by Crippen LogP contribution is 2.30. The highest BCUT2D eigenvalue weighted by molar-refractivity contribution is 7.19. The highest BCUT2D eigenvalue weighted by atomic mass is 32.1. The Labute approximate surface area is 86.0 Å². The third-order valence-corrected chi connectivity index (χ3v) is 3.41. The molecule has 1 nitrogen and oxygen atoms in total. The normalized spacial score (nSPS) is 11.6. The van der Waals surface area contributed by atoms with Gasteiger partial charge in [0.1, 0.15) is 11.3 Å². The van der Waals surface area contributed by atoms with Gasteiger partial charge >= 0.3 is 0 Å². The van der Waals surface area contributed by atoms with Gasteiger partial charge in [-0.05, 0) is 43.5 Å². The zero-order chi connectivity index (χ0) is 9.71. The lowest BCUT2D eigenvalue weighted by molar-refractivity contribution is 0.579. The van der Waals surface area contributed by atoms with Gasteiger partial charge in [-0.2, -0.15) is 0 Å². The molecule has 0 radical (unpaired) electrons. The molecular weight excluding hydrogens is 192 g/mol. The molecule has 0 aliphatic rings. The topological polar surface area (TPSA) is 13.1 Å². The Bertz CT molecular complexity index is 513. The van der Waals surface area contributed by atoms with E-state index in [1.54, 1.807) is 0 Å². The molecule has 0 unspecified atom stereocenters. The van der Waals surface area contributed by atoms with Gasteiger partial charge in [0.25, 0.3) is 0 Å². The summed E-state index contributed by atoms with van der Waals surface area (Å²) in [7, 11) is 0. The van der Waals surface area contributed by atoms with Crippen molar-refractivity contribution in [1.29, 1.82) is 0 Å². The summed E-state index contributed by atoms with van der Waals surface area (Å²) in [5.41, 5.74) is 0.997. The number of fused-ring (bicyclic) bond motifs is 2. The molecule has 0 atom stereocenters. The molecule has 0 aliphatic carbocycles. The van der Waals surface area contributed by atoms with Crippen molar-refractivity contribution < 1.29 is 4.42 Å². The molecule has 0 saturated carbocycles. The van der Waals surface area contributed by atoms with Gasteiger partial charge in [0, 0.05) is 15.0 Å². The van der Waals surface area contributed by atoms with Crippen LogP contribution < -0.4 is 0 Å². The number of aryl methyl sites for hydroxylation is 2. The van der Waals surface area contributed by atoms with Crippen LogP contribution in [0.15, 0.2) is 28.7 Å². The predicted molar refractivity (Wildman–Crippen MR) is 61.1 cm³/mol. The first-order chi connectivity index (χ1) is 6.72. The minimum Gasteiger partial charge on any atom is -0.461 e. The Morgan fingerprint density at radius 1 is 1.00 bits per heavy atom. The molecule has 0 bridgehead atoms. The van der Waals surface area contributed by atoms with Gasteiger partial charge in [-0.1, -0.05) is 0 Å². The largest absolute Gasteiger partial charge is 0.461 e. The number of hydrogen-bond donors (Lipinski definition) is 0. The van der Waals surface area contributed by atoms with E-state index in [1.807, 2.05) is 18.3 Å². The van der Waals surface area contributed by atoms with Crippen molar-refractivity contribution >= 4 is 32.4 Å². The van der Waals surface area contributed by atoms with E-state index in [2.05, 4.69) is 31.2 Å². The fraction of sp³-hybridized carbons (Fsp3) is 0.167. The summed E-state index contributed by atoms with van der Waals surface area (Å²) in [5, 5.41) is 2.52. The first-order valence-electron chi connectivity index (χ1n) is 4.63. The summed E-state index contributed by atoms with van der Waals surface area (Å²) in [6, 6.07) is 8.64. The molecule has 0 saturated heterocycles. The SMILES string of the molecule is Cc1cc2cc3cc(C)sc3cc2o1. The summed E-state index contributed by atoms with van der Waals surface area (Å²) < 4.78 is 6.90. The van der Waals surface area contributed by atoms with Crippen LogP contribution in [0.1, 0.15) is 10.6 Å². The van der Waals surface area contributed by atoms with E-state index >= 15 is 0 Å². The van der Waals surface area contributed by atoms with Crippen LogP contribution >= 0.6 is 11.3 Å². The molecule has 2 aromatic heterocycles. The fourth-order valence-corrected chi connectivity index (χ4v) is 2.78. The molecule has 1 aromatic carbocycles. The van der Waals surface area contributed by atoms with E-state index in [0.717, 1.165) is 11.3 Å². The maximum Gasteiger partial charge on any atom is 0.135 e. The van der Waals surface area contributed by atoms with Crippen LogP contribution in [0, 0.1) is 13.8 Å². The number of thiophene rings is 1. The first-order valence-corrected chi connectivity index (χ1v) is 5.44. The molecule has 0 spiro atoms. The lowest BCUT2D eigenvalue weighted by atomic mass is 10.2. The van der Waals surface area contributed by atoms with Crippen molar-refractivity contribution in [3.05, 3.63) is 34.9 Å². The van der Waals surface area contributed by atoms with Gasteiger partial charge in [-0.3, -0.25) is 0 Å². The van der Waals surface area contributed by atoms with E-state index < -0.39 is 0 Å². The van der Waals surface area contributed by atoms with Gasteiger partial charge < -0.3 is 4.42 Å².